The van der Waals surface area contributed by atoms with E-state index >= 15 is 0 Å². The molecule has 0 spiro atoms. The Balaban J connectivity index is 0. The largest absolute Gasteiger partial charge is 0.356 e. The molecule has 1 amide bonds. The second kappa shape index (κ2) is 31.6. The summed E-state index contributed by atoms with van der Waals surface area (Å²) in [7, 11) is 0. The third-order valence-electron chi connectivity index (χ3n) is 12.2. The summed E-state index contributed by atoms with van der Waals surface area (Å²) in [6.07, 6.45) is 4.22. The van der Waals surface area contributed by atoms with Crippen molar-refractivity contribution in [2.45, 2.75) is 252 Å². The van der Waals surface area contributed by atoms with Crippen LogP contribution in [0.5, 0.6) is 0 Å². The summed E-state index contributed by atoms with van der Waals surface area (Å²) in [5, 5.41) is 13.0. The molecule has 0 saturated heterocycles. The Morgan fingerprint density at radius 3 is 1.21 bits per heavy atom. The van der Waals surface area contributed by atoms with Crippen molar-refractivity contribution in [3.63, 3.8) is 0 Å². The van der Waals surface area contributed by atoms with Crippen molar-refractivity contribution in [2.75, 3.05) is 13.1 Å². The lowest BCUT2D eigenvalue weighted by molar-refractivity contribution is -0.134. The molecular weight excluding hydrogens is 915 g/mol. The van der Waals surface area contributed by atoms with Crippen molar-refractivity contribution in [3.05, 3.63) is 35.9 Å². The van der Waals surface area contributed by atoms with Gasteiger partial charge in [-0.25, -0.2) is 0 Å². The second-order valence-electron chi connectivity index (χ2n) is 27.6. The van der Waals surface area contributed by atoms with E-state index in [0.717, 1.165) is 12.0 Å². The number of nitrogens with two attached hydrogens (primary N) is 1. The molecule has 0 heterocycles. The Kier molecular flexibility index (Phi) is 31.0. The third-order valence-corrected chi connectivity index (χ3v) is 12.2. The Hall–Kier alpha value is -3.45. The zero-order valence-electron chi connectivity index (χ0n) is 51.0. The van der Waals surface area contributed by atoms with Crippen LogP contribution in [0.2, 0.25) is 0 Å². The molecule has 73 heavy (non-hydrogen) atoms. The summed E-state index contributed by atoms with van der Waals surface area (Å²) in [6.45, 7) is 48.2. The van der Waals surface area contributed by atoms with Gasteiger partial charge in [0.25, 0.3) is 0 Å². The Morgan fingerprint density at radius 2 is 0.863 bits per heavy atom. The molecule has 0 aliphatic carbocycles. The molecule has 12 heteroatoms. The van der Waals surface area contributed by atoms with Gasteiger partial charge in [-0.2, -0.15) is 0 Å². The molecule has 6 N–H and O–H groups in total. The number of carbonyl (C=O) groups is 7. The van der Waals surface area contributed by atoms with E-state index in [2.05, 4.69) is 62.8 Å². The van der Waals surface area contributed by atoms with Gasteiger partial charge in [0.05, 0.1) is 18.1 Å². The Labute approximate surface area is 446 Å². The minimum Gasteiger partial charge on any atom is -0.356 e. The molecular formula is C61H111N5O7. The van der Waals surface area contributed by atoms with E-state index in [1.54, 1.807) is 0 Å². The van der Waals surface area contributed by atoms with Gasteiger partial charge in [0.15, 0.2) is 17.3 Å². The number of nitrogens with one attached hydrogen (secondary N) is 4. The fraction of sp³-hybridized carbons (Fsp3) is 0.787. The molecule has 422 valence electrons. The molecule has 1 aromatic rings. The number of benzene rings is 1. The highest BCUT2D eigenvalue weighted by Gasteiger charge is 2.36. The number of Topliss-reactive ketones (excluding diaryl/α,β-unsaturated/α-hetero) is 6. The van der Waals surface area contributed by atoms with E-state index in [1.807, 2.05) is 148 Å². The van der Waals surface area contributed by atoms with Crippen molar-refractivity contribution < 1.29 is 33.6 Å². The zero-order valence-corrected chi connectivity index (χ0v) is 51.0. The van der Waals surface area contributed by atoms with Gasteiger partial charge >= 0.3 is 0 Å². The minimum atomic E-state index is -0.482. The lowest BCUT2D eigenvalue weighted by Crippen LogP contribution is -2.51. The van der Waals surface area contributed by atoms with E-state index in [1.165, 1.54) is 6.92 Å². The summed E-state index contributed by atoms with van der Waals surface area (Å²) in [5.41, 5.74) is 4.99. The van der Waals surface area contributed by atoms with E-state index in [4.69, 9.17) is 5.73 Å². The number of ketones is 6. The van der Waals surface area contributed by atoms with Crippen molar-refractivity contribution in [1.29, 1.82) is 0 Å². The molecule has 12 nitrogen and oxygen atoms in total. The van der Waals surface area contributed by atoms with Gasteiger partial charge in [0.1, 0.15) is 17.3 Å². The number of amides is 1. The average molecular weight is 1030 g/mol. The predicted octanol–water partition coefficient (Wildman–Crippen LogP) is 11.0. The number of hydrogen-bond acceptors (Lipinski definition) is 11. The molecule has 0 aliphatic rings. The minimum absolute atomic E-state index is 0.0750. The maximum absolute atomic E-state index is 13.2. The van der Waals surface area contributed by atoms with Gasteiger partial charge < -0.3 is 27.0 Å². The maximum atomic E-state index is 13.2. The van der Waals surface area contributed by atoms with Crippen LogP contribution in [0.4, 0.5) is 0 Å². The molecule has 0 fully saturated rings. The van der Waals surface area contributed by atoms with E-state index in [-0.39, 0.29) is 123 Å². The van der Waals surface area contributed by atoms with E-state index < -0.39 is 10.8 Å². The SMILES string of the molecule is CC(=O)NCCCC(CC(=O)C(NC(C)(C)C)C(C)C)C(=O)C(C)(C)C.CC(C)(C)NC(Cc1ccccc1)C(=O)CC(CCCN)C(=O)C(C)(C)C.CC(CC(=O)C(NC(C)(C)C)C(C)C)C(=O)C(C)(C)C. The van der Waals surface area contributed by atoms with Crippen LogP contribution < -0.4 is 27.0 Å². The predicted molar refractivity (Wildman–Crippen MR) is 304 cm³/mol. The molecule has 6 atom stereocenters. The van der Waals surface area contributed by atoms with Crippen molar-refractivity contribution in [2.24, 2.45) is 51.6 Å². The number of hydrogen-bond donors (Lipinski definition) is 5. The fourth-order valence-corrected chi connectivity index (χ4v) is 8.66. The fourth-order valence-electron chi connectivity index (χ4n) is 8.66. The van der Waals surface area contributed by atoms with E-state index in [9.17, 15) is 33.6 Å². The summed E-state index contributed by atoms with van der Waals surface area (Å²) in [5.74, 6) is 0.283. The maximum Gasteiger partial charge on any atom is 0.216 e. The number of rotatable bonds is 26. The summed E-state index contributed by atoms with van der Waals surface area (Å²) >= 11 is 0. The van der Waals surface area contributed by atoms with Crippen molar-refractivity contribution >= 4 is 40.6 Å². The lowest BCUT2D eigenvalue weighted by Gasteiger charge is -2.32. The first kappa shape index (κ1) is 71.6. The first-order chi connectivity index (χ1) is 32.8. The smallest absolute Gasteiger partial charge is 0.216 e. The molecule has 0 saturated carbocycles. The van der Waals surface area contributed by atoms with Crippen LogP contribution in [0, 0.1) is 45.8 Å². The van der Waals surface area contributed by atoms with Gasteiger partial charge in [-0.15, -0.1) is 0 Å². The third kappa shape index (κ3) is 32.6. The second-order valence-corrected chi connectivity index (χ2v) is 27.6. The molecule has 0 radical (unpaired) electrons. The first-order valence-electron chi connectivity index (χ1n) is 27.4. The highest BCUT2D eigenvalue weighted by atomic mass is 16.2. The molecule has 1 aromatic carbocycles. The quantitative estimate of drug-likeness (QED) is 0.0555. The molecule has 0 aromatic heterocycles. The molecule has 0 bridgehead atoms. The monoisotopic (exact) mass is 1030 g/mol. The number of carbonyl (C=O) groups excluding carboxylic acids is 7. The summed E-state index contributed by atoms with van der Waals surface area (Å²) in [6, 6.07) is 9.27. The molecule has 0 aliphatic heterocycles. The Bertz CT molecular complexity index is 1850. The van der Waals surface area contributed by atoms with Gasteiger partial charge in [-0.1, -0.05) is 127 Å². The van der Waals surface area contributed by atoms with Gasteiger partial charge in [0, 0.05) is 83.3 Å². The summed E-state index contributed by atoms with van der Waals surface area (Å²) in [4.78, 5) is 87.6. The molecule has 1 rings (SSSR count). The van der Waals surface area contributed by atoms with E-state index in [0.29, 0.717) is 45.2 Å². The van der Waals surface area contributed by atoms with Crippen molar-refractivity contribution in [3.8, 4) is 0 Å². The van der Waals surface area contributed by atoms with Crippen LogP contribution in [0.15, 0.2) is 30.3 Å². The van der Waals surface area contributed by atoms with Crippen LogP contribution in [-0.4, -0.2) is 88.4 Å². The van der Waals surface area contributed by atoms with Gasteiger partial charge in [0.2, 0.25) is 5.91 Å². The standard InChI is InChI=1S/C23H38N2O2.C21H40N2O3.C17H33NO2/c1-22(2,3)21(27)18(13-10-14-24)16-20(26)19(25-23(4,5)6)15-17-11-8-7-9-12-17;1-14(2)18(23-21(7,8)9)17(25)13-16(19(26)20(4,5)6)11-10-12-22-15(3)24;1-11(2)14(18-17(7,8)9)13(19)10-12(3)15(20)16(4,5)6/h7-9,11-12,18-19,25H,10,13-16,24H2,1-6H3;14,16,18,23H,10-13H2,1-9H3,(H,22,24);11-12,14,18H,10H2,1-9H3. The van der Waals surface area contributed by atoms with Crippen LogP contribution in [-0.2, 0) is 40.0 Å². The molecule has 6 unspecified atom stereocenters. The highest BCUT2D eigenvalue weighted by Crippen LogP contribution is 2.29. The normalized spacial score (nSPS) is 15.1. The summed E-state index contributed by atoms with van der Waals surface area (Å²) < 4.78 is 0. The zero-order chi connectivity index (χ0) is 57.7. The van der Waals surface area contributed by atoms with Crippen molar-refractivity contribution in [1.82, 2.24) is 21.3 Å². The average Bonchev–Trinajstić information content (AvgIpc) is 3.21. The van der Waals surface area contributed by atoms with Gasteiger partial charge in [-0.05, 0) is 118 Å². The van der Waals surface area contributed by atoms with Crippen LogP contribution in [0.25, 0.3) is 0 Å². The van der Waals surface area contributed by atoms with Crippen LogP contribution in [0.1, 0.15) is 217 Å². The Morgan fingerprint density at radius 1 is 0.493 bits per heavy atom. The van der Waals surface area contributed by atoms with Gasteiger partial charge in [-0.3, -0.25) is 33.6 Å². The first-order valence-corrected chi connectivity index (χ1v) is 27.4. The topological polar surface area (TPSA) is 194 Å². The lowest BCUT2D eigenvalue weighted by atomic mass is 9.77. The van der Waals surface area contributed by atoms with Crippen LogP contribution >= 0.6 is 0 Å². The van der Waals surface area contributed by atoms with Crippen LogP contribution in [0.3, 0.4) is 0 Å². The highest BCUT2D eigenvalue weighted by molar-refractivity contribution is 5.94.